The molecule has 2 aromatic carbocycles. The first-order valence-corrected chi connectivity index (χ1v) is 12.2. The second-order valence-electron chi connectivity index (χ2n) is 10.0. The number of aryl methyl sites for hydroxylation is 2. The van der Waals surface area contributed by atoms with Crippen LogP contribution >= 0.6 is 0 Å². The fourth-order valence-corrected chi connectivity index (χ4v) is 3.96. The lowest BCUT2D eigenvalue weighted by molar-refractivity contribution is -0.139. The van der Waals surface area contributed by atoms with Crippen LogP contribution in [0.25, 0.3) is 0 Å². The molecule has 0 aromatic heterocycles. The zero-order valence-corrected chi connectivity index (χ0v) is 22.8. The van der Waals surface area contributed by atoms with Gasteiger partial charge in [-0.3, -0.25) is 14.4 Å². The number of rotatable bonds is 9. The van der Waals surface area contributed by atoms with Crippen molar-refractivity contribution < 1.29 is 23.9 Å². The van der Waals surface area contributed by atoms with Gasteiger partial charge in [-0.05, 0) is 63.8 Å². The van der Waals surface area contributed by atoms with E-state index in [-0.39, 0.29) is 12.8 Å². The lowest BCUT2D eigenvalue weighted by Crippen LogP contribution is -2.51. The summed E-state index contributed by atoms with van der Waals surface area (Å²) < 4.78 is 5.30. The van der Waals surface area contributed by atoms with E-state index in [1.807, 2.05) is 32.0 Å². The molecule has 0 aliphatic heterocycles. The molecule has 0 saturated heterocycles. The monoisotopic (exact) mass is 520 g/mol. The molecule has 0 aliphatic carbocycles. The van der Waals surface area contributed by atoms with Crippen LogP contribution in [0.15, 0.2) is 42.5 Å². The molecule has 0 aliphatic rings. The first kappa shape index (κ1) is 29.9. The minimum Gasteiger partial charge on any atom is -0.444 e. The molecule has 2 unspecified atom stereocenters. The van der Waals surface area contributed by atoms with E-state index in [0.717, 1.165) is 11.1 Å². The van der Waals surface area contributed by atoms with Gasteiger partial charge in [0.15, 0.2) is 0 Å². The van der Waals surface area contributed by atoms with Gasteiger partial charge in [-0.2, -0.15) is 0 Å². The molecule has 4 N–H and O–H groups in total. The van der Waals surface area contributed by atoms with E-state index in [0.29, 0.717) is 16.8 Å². The standard InChI is InChI=1S/C29H36N4O5/c1-8-20-14-9-10-15-21(20)25(26(35)32-24-18(2)12-11-13-19(24)3)33(7)27(36)22(16-17-23(30)34)31-28(37)38-29(4,5)6/h1,9-15,22,25H,16-17H2,2-7H3,(H2,30,34)(H,31,37)(H,32,35). The number of nitrogens with zero attached hydrogens (tertiary/aromatic N) is 1. The molecule has 2 aromatic rings. The summed E-state index contributed by atoms with van der Waals surface area (Å²) in [7, 11) is 1.44. The van der Waals surface area contributed by atoms with Crippen molar-refractivity contribution in [1.29, 1.82) is 0 Å². The number of benzene rings is 2. The van der Waals surface area contributed by atoms with Crippen LogP contribution in [-0.4, -0.2) is 47.4 Å². The van der Waals surface area contributed by atoms with Gasteiger partial charge < -0.3 is 26.0 Å². The highest BCUT2D eigenvalue weighted by Gasteiger charge is 2.35. The van der Waals surface area contributed by atoms with Gasteiger partial charge in [-0.15, -0.1) is 6.42 Å². The highest BCUT2D eigenvalue weighted by molar-refractivity contribution is 6.00. The van der Waals surface area contributed by atoms with Crippen LogP contribution in [0.1, 0.15) is 61.9 Å². The molecule has 9 heteroatoms. The molecule has 202 valence electrons. The number of terminal acetylenes is 1. The maximum Gasteiger partial charge on any atom is 0.408 e. The molecule has 0 bridgehead atoms. The Kier molecular flexibility index (Phi) is 10.1. The highest BCUT2D eigenvalue weighted by atomic mass is 16.6. The number of ether oxygens (including phenoxy) is 1. The Morgan fingerprint density at radius 3 is 2.21 bits per heavy atom. The van der Waals surface area contributed by atoms with Gasteiger partial charge in [0, 0.05) is 24.7 Å². The smallest absolute Gasteiger partial charge is 0.408 e. The Hall–Kier alpha value is -4.32. The third kappa shape index (κ3) is 8.10. The fourth-order valence-electron chi connectivity index (χ4n) is 3.96. The number of alkyl carbamates (subject to hydrolysis) is 1. The van der Waals surface area contributed by atoms with Gasteiger partial charge in [-0.1, -0.05) is 42.3 Å². The van der Waals surface area contributed by atoms with Gasteiger partial charge in [-0.25, -0.2) is 4.79 Å². The summed E-state index contributed by atoms with van der Waals surface area (Å²) in [5.41, 5.74) is 7.68. The predicted octanol–water partition coefficient (Wildman–Crippen LogP) is 3.58. The van der Waals surface area contributed by atoms with Crippen LogP contribution in [0.4, 0.5) is 10.5 Å². The Balaban J connectivity index is 2.50. The average Bonchev–Trinajstić information content (AvgIpc) is 2.82. The molecule has 4 amide bonds. The molecular formula is C29H36N4O5. The van der Waals surface area contributed by atoms with Crippen LogP contribution in [-0.2, 0) is 19.1 Å². The molecular weight excluding hydrogens is 484 g/mol. The first-order valence-electron chi connectivity index (χ1n) is 12.2. The maximum absolute atomic E-state index is 13.8. The number of nitrogens with one attached hydrogen (secondary N) is 2. The maximum atomic E-state index is 13.8. The van der Waals surface area contributed by atoms with Crippen LogP contribution in [0.3, 0.4) is 0 Å². The number of carbonyl (C=O) groups excluding carboxylic acids is 4. The minimum atomic E-state index is -1.18. The van der Waals surface area contributed by atoms with Crippen molar-refractivity contribution in [2.24, 2.45) is 5.73 Å². The summed E-state index contributed by atoms with van der Waals surface area (Å²) in [5.74, 6) is 0.816. The molecule has 0 radical (unpaired) electrons. The van der Waals surface area contributed by atoms with Gasteiger partial charge in [0.1, 0.15) is 17.7 Å². The van der Waals surface area contributed by atoms with Gasteiger partial charge in [0.25, 0.3) is 5.91 Å². The highest BCUT2D eigenvalue weighted by Crippen LogP contribution is 2.28. The van der Waals surface area contributed by atoms with E-state index < -0.39 is 41.5 Å². The lowest BCUT2D eigenvalue weighted by atomic mass is 9.97. The van der Waals surface area contributed by atoms with E-state index in [4.69, 9.17) is 16.9 Å². The summed E-state index contributed by atoms with van der Waals surface area (Å²) in [6.45, 7) is 8.79. The summed E-state index contributed by atoms with van der Waals surface area (Å²) >= 11 is 0. The SMILES string of the molecule is C#Cc1ccccc1C(C(=O)Nc1c(C)cccc1C)N(C)C(=O)C(CCC(N)=O)NC(=O)OC(C)(C)C. The summed E-state index contributed by atoms with van der Waals surface area (Å²) in [5, 5.41) is 5.46. The van der Waals surface area contributed by atoms with Crippen LogP contribution in [0.5, 0.6) is 0 Å². The fraction of sp³-hybridized carbons (Fsp3) is 0.379. The van der Waals surface area contributed by atoms with Crippen molar-refractivity contribution in [3.63, 3.8) is 0 Å². The number of primary amides is 1. The van der Waals surface area contributed by atoms with Crippen molar-refractivity contribution in [2.75, 3.05) is 12.4 Å². The largest absolute Gasteiger partial charge is 0.444 e. The molecule has 38 heavy (non-hydrogen) atoms. The van der Waals surface area contributed by atoms with Crippen LogP contribution < -0.4 is 16.4 Å². The number of para-hydroxylation sites is 1. The van der Waals surface area contributed by atoms with Crippen molar-refractivity contribution in [3.05, 3.63) is 64.7 Å². The number of likely N-dealkylation sites (N-methyl/N-ethyl adjacent to an activating group) is 1. The number of hydrogen-bond donors (Lipinski definition) is 3. The summed E-state index contributed by atoms with van der Waals surface area (Å²) in [6, 6.07) is 10.1. The third-order valence-corrected chi connectivity index (χ3v) is 5.79. The van der Waals surface area contributed by atoms with Gasteiger partial charge >= 0.3 is 6.09 Å². The van der Waals surface area contributed by atoms with Crippen molar-refractivity contribution >= 4 is 29.5 Å². The number of amides is 4. The van der Waals surface area contributed by atoms with Crippen molar-refractivity contribution in [2.45, 2.75) is 65.1 Å². The Bertz CT molecular complexity index is 1220. The number of anilines is 1. The average molecular weight is 521 g/mol. The molecule has 2 atom stereocenters. The third-order valence-electron chi connectivity index (χ3n) is 5.79. The molecule has 0 heterocycles. The number of hydrogen-bond acceptors (Lipinski definition) is 5. The van der Waals surface area contributed by atoms with Gasteiger partial charge in [0.2, 0.25) is 11.8 Å². The van der Waals surface area contributed by atoms with E-state index in [1.165, 1.54) is 11.9 Å². The predicted molar refractivity (Wildman–Crippen MR) is 146 cm³/mol. The van der Waals surface area contributed by atoms with E-state index >= 15 is 0 Å². The van der Waals surface area contributed by atoms with Crippen molar-refractivity contribution in [1.82, 2.24) is 10.2 Å². The molecule has 2 rings (SSSR count). The first-order chi connectivity index (χ1) is 17.7. The molecule has 0 saturated carbocycles. The Labute approximate surface area is 224 Å². The summed E-state index contributed by atoms with van der Waals surface area (Å²) in [6.07, 6.45) is 4.63. The Morgan fingerprint density at radius 1 is 1.05 bits per heavy atom. The second-order valence-corrected chi connectivity index (χ2v) is 10.0. The topological polar surface area (TPSA) is 131 Å². The molecule has 0 spiro atoms. The second kappa shape index (κ2) is 12.8. The molecule has 9 nitrogen and oxygen atoms in total. The van der Waals surface area contributed by atoms with Crippen molar-refractivity contribution in [3.8, 4) is 12.3 Å². The zero-order valence-electron chi connectivity index (χ0n) is 22.8. The zero-order chi connectivity index (χ0) is 28.6. The van der Waals surface area contributed by atoms with Crippen LogP contribution in [0, 0.1) is 26.2 Å². The summed E-state index contributed by atoms with van der Waals surface area (Å²) in [4.78, 5) is 52.7. The van der Waals surface area contributed by atoms with Gasteiger partial charge in [0.05, 0.1) is 0 Å². The number of carbonyl (C=O) groups is 4. The minimum absolute atomic E-state index is 0.0836. The quantitative estimate of drug-likeness (QED) is 0.435. The normalized spacial score (nSPS) is 12.4. The van der Waals surface area contributed by atoms with Crippen LogP contribution in [0.2, 0.25) is 0 Å². The molecule has 0 fully saturated rings. The Morgan fingerprint density at radius 2 is 1.66 bits per heavy atom. The van der Waals surface area contributed by atoms with E-state index in [1.54, 1.807) is 45.0 Å². The lowest BCUT2D eigenvalue weighted by Gasteiger charge is -2.32. The number of nitrogens with two attached hydrogens (primary N) is 1. The van der Waals surface area contributed by atoms with E-state index in [9.17, 15) is 19.2 Å². The van der Waals surface area contributed by atoms with E-state index in [2.05, 4.69) is 16.6 Å².